The standard InChI is InChI=1S/C21H19ClF3N5O2S/c22-13-4-3-11(8-12(13)21(23,24)25)30-14-5-7-27-19-15(14)16(29-20(30)32)17(33-19)18(31)28-10-2-1-6-26-9-10/h3-5,7-8,10,16-17,26H,1-2,6,9H2,(H,28,31)(H,29,32)/t10?,16?,17-/m1/s1. The summed E-state index contributed by atoms with van der Waals surface area (Å²) in [5.41, 5.74) is -0.00359. The van der Waals surface area contributed by atoms with E-state index < -0.39 is 34.1 Å². The second-order valence-electron chi connectivity index (χ2n) is 8.06. The Hall–Kier alpha value is -2.50. The van der Waals surface area contributed by atoms with Gasteiger partial charge >= 0.3 is 12.2 Å². The molecule has 1 fully saturated rings. The average molecular weight is 498 g/mol. The first-order chi connectivity index (χ1) is 15.7. The summed E-state index contributed by atoms with van der Waals surface area (Å²) in [7, 11) is 0. The molecule has 5 rings (SSSR count). The van der Waals surface area contributed by atoms with Gasteiger partial charge in [-0.3, -0.25) is 9.69 Å². The van der Waals surface area contributed by atoms with E-state index in [9.17, 15) is 22.8 Å². The monoisotopic (exact) mass is 497 g/mol. The van der Waals surface area contributed by atoms with Crippen LogP contribution in [0.15, 0.2) is 35.5 Å². The van der Waals surface area contributed by atoms with Crippen molar-refractivity contribution in [3.05, 3.63) is 46.6 Å². The summed E-state index contributed by atoms with van der Waals surface area (Å²) in [6.07, 6.45) is -1.36. The quantitative estimate of drug-likeness (QED) is 0.597. The summed E-state index contributed by atoms with van der Waals surface area (Å²) in [6, 6.07) is 3.63. The molecular weight excluding hydrogens is 479 g/mol. The van der Waals surface area contributed by atoms with E-state index >= 15 is 0 Å². The number of alkyl halides is 3. The van der Waals surface area contributed by atoms with Gasteiger partial charge < -0.3 is 16.0 Å². The zero-order valence-electron chi connectivity index (χ0n) is 17.1. The zero-order valence-corrected chi connectivity index (χ0v) is 18.7. The molecule has 0 bridgehead atoms. The molecule has 3 aliphatic heterocycles. The van der Waals surface area contributed by atoms with Gasteiger partial charge in [0.05, 0.1) is 28.0 Å². The number of piperidine rings is 1. The minimum absolute atomic E-state index is 0.00800. The lowest BCUT2D eigenvalue weighted by molar-refractivity contribution is -0.137. The minimum atomic E-state index is -4.67. The minimum Gasteiger partial charge on any atom is -0.351 e. The smallest absolute Gasteiger partial charge is 0.351 e. The first-order valence-corrected chi connectivity index (χ1v) is 11.6. The van der Waals surface area contributed by atoms with Gasteiger partial charge in [0.1, 0.15) is 10.3 Å². The van der Waals surface area contributed by atoms with E-state index in [0.717, 1.165) is 36.4 Å². The molecule has 0 spiro atoms. The molecule has 3 atom stereocenters. The number of hydrogen-bond donors (Lipinski definition) is 3. The van der Waals surface area contributed by atoms with Crippen LogP contribution in [0.2, 0.25) is 5.02 Å². The fraction of sp³-hybridized carbons (Fsp3) is 0.381. The molecule has 1 aromatic carbocycles. The van der Waals surface area contributed by atoms with Crippen LogP contribution in [0.3, 0.4) is 0 Å². The first-order valence-electron chi connectivity index (χ1n) is 10.4. The number of aromatic nitrogens is 1. The molecule has 3 amide bonds. The van der Waals surface area contributed by atoms with Gasteiger partial charge in [0.25, 0.3) is 0 Å². The second kappa shape index (κ2) is 8.37. The molecule has 0 aliphatic carbocycles. The van der Waals surface area contributed by atoms with E-state index in [2.05, 4.69) is 20.9 Å². The van der Waals surface area contributed by atoms with Crippen LogP contribution in [0, 0.1) is 0 Å². The summed E-state index contributed by atoms with van der Waals surface area (Å²) in [5.74, 6) is -0.206. The first kappa shape index (κ1) is 22.3. The predicted molar refractivity (Wildman–Crippen MR) is 118 cm³/mol. The second-order valence-corrected chi connectivity index (χ2v) is 9.60. The lowest BCUT2D eigenvalue weighted by Gasteiger charge is -2.35. The molecule has 0 saturated carbocycles. The lowest BCUT2D eigenvalue weighted by atomic mass is 9.99. The van der Waals surface area contributed by atoms with Gasteiger partial charge in [0.2, 0.25) is 5.91 Å². The van der Waals surface area contributed by atoms with Crippen molar-refractivity contribution in [3.8, 4) is 0 Å². The molecule has 1 saturated heterocycles. The Morgan fingerprint density at radius 3 is 2.85 bits per heavy atom. The van der Waals surface area contributed by atoms with Crippen LogP contribution >= 0.6 is 23.4 Å². The van der Waals surface area contributed by atoms with Gasteiger partial charge in [-0.2, -0.15) is 13.2 Å². The number of carbonyl (C=O) groups excluding carboxylic acids is 2. The third-order valence-electron chi connectivity index (χ3n) is 5.92. The molecule has 1 aromatic heterocycles. The van der Waals surface area contributed by atoms with E-state index in [0.29, 0.717) is 22.8 Å². The Labute approximate surface area is 196 Å². The summed E-state index contributed by atoms with van der Waals surface area (Å²) in [5, 5.41) is 8.56. The van der Waals surface area contributed by atoms with Crippen molar-refractivity contribution < 1.29 is 22.8 Å². The van der Waals surface area contributed by atoms with Gasteiger partial charge in [-0.15, -0.1) is 0 Å². The molecule has 7 nitrogen and oxygen atoms in total. The Balaban J connectivity index is 1.48. The van der Waals surface area contributed by atoms with Crippen molar-refractivity contribution in [2.24, 2.45) is 0 Å². The molecule has 3 aliphatic rings. The molecule has 4 heterocycles. The third-order valence-corrected chi connectivity index (χ3v) is 7.54. The Bertz CT molecular complexity index is 1130. The number of urea groups is 1. The topological polar surface area (TPSA) is 86.4 Å². The zero-order chi connectivity index (χ0) is 23.3. The van der Waals surface area contributed by atoms with Crippen LogP contribution in [-0.2, 0) is 11.0 Å². The third kappa shape index (κ3) is 4.02. The van der Waals surface area contributed by atoms with E-state index in [1.807, 2.05) is 0 Å². The summed E-state index contributed by atoms with van der Waals surface area (Å²) in [4.78, 5) is 31.6. The fourth-order valence-electron chi connectivity index (χ4n) is 4.41. The number of nitrogens with one attached hydrogen (secondary N) is 3. The summed E-state index contributed by atoms with van der Waals surface area (Å²) in [6.45, 7) is 1.60. The van der Waals surface area contributed by atoms with Gasteiger partial charge in [0.15, 0.2) is 0 Å². The van der Waals surface area contributed by atoms with Gasteiger partial charge in [-0.25, -0.2) is 9.78 Å². The molecule has 2 unspecified atom stereocenters. The van der Waals surface area contributed by atoms with Gasteiger partial charge in [-0.05, 0) is 43.7 Å². The van der Waals surface area contributed by atoms with Gasteiger partial charge in [-0.1, -0.05) is 23.4 Å². The molecule has 12 heteroatoms. The molecule has 2 aromatic rings. The highest BCUT2D eigenvalue weighted by molar-refractivity contribution is 8.01. The van der Waals surface area contributed by atoms with E-state index in [4.69, 9.17) is 11.6 Å². The molecular formula is C21H19ClF3N5O2S. The number of rotatable bonds is 3. The largest absolute Gasteiger partial charge is 0.417 e. The number of amides is 3. The maximum atomic E-state index is 13.4. The lowest BCUT2D eigenvalue weighted by Crippen LogP contribution is -2.52. The number of halogens is 4. The predicted octanol–water partition coefficient (Wildman–Crippen LogP) is 4.00. The maximum Gasteiger partial charge on any atom is 0.417 e. The van der Waals surface area contributed by atoms with Gasteiger partial charge in [0, 0.05) is 24.3 Å². The van der Waals surface area contributed by atoms with Crippen LogP contribution in [0.1, 0.15) is 30.0 Å². The molecule has 33 heavy (non-hydrogen) atoms. The van der Waals surface area contributed by atoms with E-state index in [-0.39, 0.29) is 17.6 Å². The Morgan fingerprint density at radius 2 is 2.12 bits per heavy atom. The maximum absolute atomic E-state index is 13.4. The van der Waals surface area contributed by atoms with Crippen molar-refractivity contribution in [3.63, 3.8) is 0 Å². The number of carbonyl (C=O) groups is 2. The summed E-state index contributed by atoms with van der Waals surface area (Å²) < 4.78 is 40.2. The molecule has 0 radical (unpaired) electrons. The van der Waals surface area contributed by atoms with Crippen LogP contribution in [0.4, 0.5) is 29.3 Å². The van der Waals surface area contributed by atoms with Crippen LogP contribution in [0.5, 0.6) is 0 Å². The normalized spacial score (nSPS) is 24.3. The van der Waals surface area contributed by atoms with Crippen molar-refractivity contribution in [1.29, 1.82) is 0 Å². The fourth-order valence-corrected chi connectivity index (χ4v) is 5.87. The van der Waals surface area contributed by atoms with Crippen molar-refractivity contribution in [2.45, 2.75) is 41.4 Å². The number of nitrogens with zero attached hydrogens (tertiary/aromatic N) is 2. The van der Waals surface area contributed by atoms with Crippen LogP contribution in [0.25, 0.3) is 0 Å². The number of pyridine rings is 1. The number of thioether (sulfide) groups is 1. The average Bonchev–Trinajstić information content (AvgIpc) is 3.14. The highest BCUT2D eigenvalue weighted by Gasteiger charge is 2.47. The Kier molecular flexibility index (Phi) is 5.66. The van der Waals surface area contributed by atoms with Crippen molar-refractivity contribution in [2.75, 3.05) is 18.0 Å². The van der Waals surface area contributed by atoms with Crippen LogP contribution in [-0.4, -0.2) is 41.3 Å². The van der Waals surface area contributed by atoms with Crippen molar-refractivity contribution in [1.82, 2.24) is 20.9 Å². The van der Waals surface area contributed by atoms with Crippen LogP contribution < -0.4 is 20.9 Å². The highest BCUT2D eigenvalue weighted by Crippen LogP contribution is 2.51. The molecule has 3 N–H and O–H groups in total. The Morgan fingerprint density at radius 1 is 1.30 bits per heavy atom. The van der Waals surface area contributed by atoms with Crippen molar-refractivity contribution >= 4 is 46.7 Å². The summed E-state index contributed by atoms with van der Waals surface area (Å²) >= 11 is 6.99. The number of benzene rings is 1. The molecule has 174 valence electrons. The SMILES string of the molecule is O=C(NC1CCCNC1)[C@@H]1Sc2nccc3c2C1NC(=O)N3c1ccc(Cl)c(C(F)(F)F)c1. The van der Waals surface area contributed by atoms with E-state index in [1.54, 1.807) is 6.07 Å². The number of hydrogen-bond acceptors (Lipinski definition) is 5. The number of anilines is 2. The highest BCUT2D eigenvalue weighted by atomic mass is 35.5. The van der Waals surface area contributed by atoms with E-state index in [1.165, 1.54) is 24.0 Å².